The summed E-state index contributed by atoms with van der Waals surface area (Å²) in [6.45, 7) is -0.00802. The van der Waals surface area contributed by atoms with Gasteiger partial charge in [0.05, 0.1) is 34.0 Å². The Balaban J connectivity index is 1.95. The molecule has 2 atom stereocenters. The topological polar surface area (TPSA) is 60.0 Å². The van der Waals surface area contributed by atoms with Crippen molar-refractivity contribution >= 4 is 0 Å². The lowest BCUT2D eigenvalue weighted by molar-refractivity contribution is 0.232. The minimum Gasteiger partial charge on any atom is -0.497 e. The van der Waals surface area contributed by atoms with Crippen molar-refractivity contribution in [2.75, 3.05) is 27.9 Å². The summed E-state index contributed by atoms with van der Waals surface area (Å²) in [6, 6.07) is 23.7. The van der Waals surface area contributed by atoms with E-state index in [0.29, 0.717) is 11.5 Å². The number of hydrogen-bond acceptors (Lipinski definition) is 5. The zero-order valence-electron chi connectivity index (χ0n) is 17.7. The zero-order chi connectivity index (χ0) is 21.3. The van der Waals surface area contributed by atoms with Gasteiger partial charge >= 0.3 is 0 Å². The standard InChI is InChI=1S/C25H29NO4/c1-28-21-11-7-8-18(14-21)15-22(20-12-13-24(29-2)25(16-20)30-3)26-23(17-27)19-9-5-4-6-10-19/h4-14,16,22-23,26-27H,15,17H2,1-3H3/t22-,23+/m0/s1. The van der Waals surface area contributed by atoms with E-state index in [0.717, 1.165) is 28.9 Å². The average molecular weight is 408 g/mol. The number of nitrogens with one attached hydrogen (secondary N) is 1. The maximum absolute atomic E-state index is 10.1. The second-order valence-corrected chi connectivity index (χ2v) is 7.04. The first-order chi connectivity index (χ1) is 14.7. The number of benzene rings is 3. The molecule has 0 bridgehead atoms. The second-order valence-electron chi connectivity index (χ2n) is 7.04. The van der Waals surface area contributed by atoms with Gasteiger partial charge in [-0.2, -0.15) is 0 Å². The summed E-state index contributed by atoms with van der Waals surface area (Å²) in [5.74, 6) is 2.18. The molecule has 0 aliphatic carbocycles. The number of aliphatic hydroxyl groups is 1. The first kappa shape index (κ1) is 21.7. The van der Waals surface area contributed by atoms with E-state index in [2.05, 4.69) is 11.4 Å². The molecule has 5 heteroatoms. The molecule has 0 saturated carbocycles. The summed E-state index contributed by atoms with van der Waals surface area (Å²) in [7, 11) is 4.92. The van der Waals surface area contributed by atoms with Crippen LogP contribution in [0.4, 0.5) is 0 Å². The number of methoxy groups -OCH3 is 3. The van der Waals surface area contributed by atoms with Gasteiger partial charge in [-0.15, -0.1) is 0 Å². The lowest BCUT2D eigenvalue weighted by Gasteiger charge is -2.26. The molecular formula is C25H29NO4. The van der Waals surface area contributed by atoms with Crippen molar-refractivity contribution in [2.24, 2.45) is 0 Å². The van der Waals surface area contributed by atoms with Crippen LogP contribution in [0.5, 0.6) is 17.2 Å². The van der Waals surface area contributed by atoms with E-state index in [1.54, 1.807) is 21.3 Å². The summed E-state index contributed by atoms with van der Waals surface area (Å²) in [4.78, 5) is 0. The largest absolute Gasteiger partial charge is 0.497 e. The predicted molar refractivity (Wildman–Crippen MR) is 118 cm³/mol. The van der Waals surface area contributed by atoms with Crippen molar-refractivity contribution in [3.63, 3.8) is 0 Å². The predicted octanol–water partition coefficient (Wildman–Crippen LogP) is 4.32. The average Bonchev–Trinajstić information content (AvgIpc) is 2.81. The van der Waals surface area contributed by atoms with Gasteiger partial charge in [-0.3, -0.25) is 0 Å². The Morgan fingerprint density at radius 2 is 1.50 bits per heavy atom. The van der Waals surface area contributed by atoms with Crippen LogP contribution in [0.2, 0.25) is 0 Å². The molecule has 0 fully saturated rings. The van der Waals surface area contributed by atoms with E-state index in [1.165, 1.54) is 0 Å². The van der Waals surface area contributed by atoms with Crippen molar-refractivity contribution in [1.82, 2.24) is 5.32 Å². The lowest BCUT2D eigenvalue weighted by atomic mass is 9.96. The molecule has 0 saturated heterocycles. The van der Waals surface area contributed by atoms with Crippen LogP contribution in [0, 0.1) is 0 Å². The molecule has 3 rings (SSSR count). The third-order valence-electron chi connectivity index (χ3n) is 5.17. The minimum absolute atomic E-state index is 0.00802. The highest BCUT2D eigenvalue weighted by Crippen LogP contribution is 2.32. The lowest BCUT2D eigenvalue weighted by Crippen LogP contribution is -2.30. The summed E-state index contributed by atoms with van der Waals surface area (Å²) >= 11 is 0. The first-order valence-corrected chi connectivity index (χ1v) is 9.95. The second kappa shape index (κ2) is 10.7. The van der Waals surface area contributed by atoms with Crippen molar-refractivity contribution in [3.05, 3.63) is 89.5 Å². The molecule has 0 spiro atoms. The summed E-state index contributed by atoms with van der Waals surface area (Å²) in [6.07, 6.45) is 0.718. The number of ether oxygens (including phenoxy) is 3. The van der Waals surface area contributed by atoms with Crippen LogP contribution < -0.4 is 19.5 Å². The Bertz CT molecular complexity index is 929. The van der Waals surface area contributed by atoms with Gasteiger partial charge in [0.1, 0.15) is 5.75 Å². The molecule has 0 amide bonds. The normalized spacial score (nSPS) is 12.8. The third kappa shape index (κ3) is 5.32. The van der Waals surface area contributed by atoms with Crippen molar-refractivity contribution in [1.29, 1.82) is 0 Å². The molecule has 0 aliphatic rings. The van der Waals surface area contributed by atoms with Crippen molar-refractivity contribution in [3.8, 4) is 17.2 Å². The Labute approximate surface area is 178 Å². The van der Waals surface area contributed by atoms with E-state index in [1.807, 2.05) is 66.7 Å². The SMILES string of the molecule is COc1cccc(C[C@H](N[C@H](CO)c2ccccc2)c2ccc(OC)c(OC)c2)c1. The molecule has 0 heterocycles. The van der Waals surface area contributed by atoms with E-state index in [9.17, 15) is 5.11 Å². The van der Waals surface area contributed by atoms with Crippen LogP contribution >= 0.6 is 0 Å². The van der Waals surface area contributed by atoms with Gasteiger partial charge in [0.2, 0.25) is 0 Å². The molecule has 0 unspecified atom stereocenters. The maximum atomic E-state index is 10.1. The third-order valence-corrected chi connectivity index (χ3v) is 5.17. The van der Waals surface area contributed by atoms with Crippen LogP contribution in [0.15, 0.2) is 72.8 Å². The van der Waals surface area contributed by atoms with E-state index < -0.39 is 0 Å². The van der Waals surface area contributed by atoms with Gasteiger partial charge in [0.15, 0.2) is 11.5 Å². The van der Waals surface area contributed by atoms with Crippen LogP contribution in [0.3, 0.4) is 0 Å². The summed E-state index contributed by atoms with van der Waals surface area (Å²) < 4.78 is 16.3. The minimum atomic E-state index is -0.199. The van der Waals surface area contributed by atoms with Crippen molar-refractivity contribution < 1.29 is 19.3 Å². The monoisotopic (exact) mass is 407 g/mol. The molecule has 5 nitrogen and oxygen atoms in total. The van der Waals surface area contributed by atoms with Crippen LogP contribution in [0.25, 0.3) is 0 Å². The molecular weight excluding hydrogens is 378 g/mol. The number of rotatable bonds is 10. The zero-order valence-corrected chi connectivity index (χ0v) is 17.7. The smallest absolute Gasteiger partial charge is 0.161 e. The van der Waals surface area contributed by atoms with Crippen LogP contribution in [0.1, 0.15) is 28.8 Å². The Morgan fingerprint density at radius 3 is 2.17 bits per heavy atom. The van der Waals surface area contributed by atoms with Crippen LogP contribution in [-0.4, -0.2) is 33.0 Å². The first-order valence-electron chi connectivity index (χ1n) is 9.95. The van der Waals surface area contributed by atoms with E-state index >= 15 is 0 Å². The van der Waals surface area contributed by atoms with E-state index in [-0.39, 0.29) is 18.7 Å². The Hall–Kier alpha value is -3.02. The molecule has 158 valence electrons. The fourth-order valence-corrected chi connectivity index (χ4v) is 3.56. The molecule has 0 aromatic heterocycles. The Kier molecular flexibility index (Phi) is 7.71. The molecule has 30 heavy (non-hydrogen) atoms. The fourth-order valence-electron chi connectivity index (χ4n) is 3.56. The maximum Gasteiger partial charge on any atom is 0.161 e. The highest BCUT2D eigenvalue weighted by atomic mass is 16.5. The number of aliphatic hydroxyl groups excluding tert-OH is 1. The quantitative estimate of drug-likeness (QED) is 0.524. The van der Waals surface area contributed by atoms with Gasteiger partial charge in [0.25, 0.3) is 0 Å². The number of hydrogen-bond donors (Lipinski definition) is 2. The highest BCUT2D eigenvalue weighted by molar-refractivity contribution is 5.44. The van der Waals surface area contributed by atoms with Crippen molar-refractivity contribution in [2.45, 2.75) is 18.5 Å². The van der Waals surface area contributed by atoms with Gasteiger partial charge in [-0.25, -0.2) is 0 Å². The van der Waals surface area contributed by atoms with Gasteiger partial charge in [-0.1, -0.05) is 48.5 Å². The highest BCUT2D eigenvalue weighted by Gasteiger charge is 2.20. The molecule has 3 aromatic carbocycles. The van der Waals surface area contributed by atoms with Crippen LogP contribution in [-0.2, 0) is 6.42 Å². The van der Waals surface area contributed by atoms with Gasteiger partial charge in [0, 0.05) is 6.04 Å². The van der Waals surface area contributed by atoms with Gasteiger partial charge in [-0.05, 0) is 47.4 Å². The Morgan fingerprint density at radius 1 is 0.733 bits per heavy atom. The molecule has 0 radical (unpaired) electrons. The summed E-state index contributed by atoms with van der Waals surface area (Å²) in [5, 5.41) is 13.7. The fraction of sp³-hybridized carbons (Fsp3) is 0.280. The molecule has 0 aliphatic heterocycles. The van der Waals surface area contributed by atoms with E-state index in [4.69, 9.17) is 14.2 Å². The molecule has 2 N–H and O–H groups in total. The summed E-state index contributed by atoms with van der Waals surface area (Å²) in [5.41, 5.74) is 3.22. The molecule has 3 aromatic rings. The van der Waals surface area contributed by atoms with Gasteiger partial charge < -0.3 is 24.6 Å².